The maximum absolute atomic E-state index is 13.4. The summed E-state index contributed by atoms with van der Waals surface area (Å²) in [6.07, 6.45) is 1.25. The molecule has 1 atom stereocenters. The number of hydrogen-bond acceptors (Lipinski definition) is 5. The molecule has 2 fully saturated rings. The van der Waals surface area contributed by atoms with Gasteiger partial charge in [0.25, 0.3) is 11.8 Å². The summed E-state index contributed by atoms with van der Waals surface area (Å²) in [4.78, 5) is 54.2. The number of nitrogens with one attached hydrogen (secondary N) is 2. The van der Waals surface area contributed by atoms with Crippen LogP contribution in [0.25, 0.3) is 0 Å². The van der Waals surface area contributed by atoms with Crippen LogP contribution in [-0.2, 0) is 9.59 Å². The molecule has 1 saturated heterocycles. The van der Waals surface area contributed by atoms with Gasteiger partial charge < -0.3 is 25.5 Å². The predicted molar refractivity (Wildman–Crippen MR) is 151 cm³/mol. The first kappa shape index (κ1) is 27.8. The topological polar surface area (TPSA) is 119 Å². The molecular formula is C31H31FN4O5. The van der Waals surface area contributed by atoms with E-state index in [4.69, 9.17) is 0 Å². The molecule has 0 radical (unpaired) electrons. The van der Waals surface area contributed by atoms with Gasteiger partial charge in [0.05, 0.1) is 23.8 Å². The van der Waals surface area contributed by atoms with Crippen LogP contribution in [0.1, 0.15) is 51.6 Å². The summed E-state index contributed by atoms with van der Waals surface area (Å²) in [7, 11) is 0. The smallest absolute Gasteiger partial charge is 0.305 e. The van der Waals surface area contributed by atoms with Crippen molar-refractivity contribution in [1.29, 1.82) is 0 Å². The van der Waals surface area contributed by atoms with Gasteiger partial charge in [-0.05, 0) is 60.9 Å². The summed E-state index contributed by atoms with van der Waals surface area (Å²) in [5.74, 6) is -2.30. The van der Waals surface area contributed by atoms with Crippen molar-refractivity contribution in [2.24, 2.45) is 5.92 Å². The molecule has 3 aromatic rings. The van der Waals surface area contributed by atoms with Gasteiger partial charge in [-0.15, -0.1) is 0 Å². The highest BCUT2D eigenvalue weighted by atomic mass is 19.1. The number of halogens is 1. The van der Waals surface area contributed by atoms with Crippen LogP contribution in [0.2, 0.25) is 0 Å². The van der Waals surface area contributed by atoms with Crippen LogP contribution in [0.5, 0.6) is 0 Å². The summed E-state index contributed by atoms with van der Waals surface area (Å²) >= 11 is 0. The minimum absolute atomic E-state index is 0.0309. The lowest BCUT2D eigenvalue weighted by Crippen LogP contribution is -2.49. The highest BCUT2D eigenvalue weighted by molar-refractivity contribution is 6.01. The third-order valence-electron chi connectivity index (χ3n) is 7.35. The highest BCUT2D eigenvalue weighted by Crippen LogP contribution is 2.34. The first-order valence-corrected chi connectivity index (χ1v) is 13.6. The van der Waals surface area contributed by atoms with E-state index in [2.05, 4.69) is 15.5 Å². The number of carboxylic acids is 1. The first-order valence-electron chi connectivity index (χ1n) is 13.6. The number of nitrogens with zero attached hydrogens (tertiary/aromatic N) is 2. The summed E-state index contributed by atoms with van der Waals surface area (Å²) in [5, 5.41) is 15.1. The number of carbonyl (C=O) groups excluding carboxylic acids is 3. The number of benzene rings is 3. The molecule has 1 aliphatic heterocycles. The quantitative estimate of drug-likeness (QED) is 0.364. The van der Waals surface area contributed by atoms with Crippen LogP contribution in [0.15, 0.2) is 72.8 Å². The Hall–Kier alpha value is -4.73. The van der Waals surface area contributed by atoms with E-state index in [-0.39, 0.29) is 29.7 Å². The molecule has 1 heterocycles. The SMILES string of the molecule is O=C(O)CC(NC(=O)c1ccc(N2CCN(C(=O)c3ccccc3)CC2)c(NC(=O)C2CC2)c1)c1ccc(F)cc1. The Labute approximate surface area is 237 Å². The number of carbonyl (C=O) groups is 4. The van der Waals surface area contributed by atoms with Gasteiger partial charge in [0.1, 0.15) is 5.82 Å². The molecule has 3 amide bonds. The molecular weight excluding hydrogens is 527 g/mol. The summed E-state index contributed by atoms with van der Waals surface area (Å²) < 4.78 is 13.4. The van der Waals surface area contributed by atoms with Crippen LogP contribution in [0, 0.1) is 11.7 Å². The van der Waals surface area contributed by atoms with E-state index in [1.165, 1.54) is 24.3 Å². The van der Waals surface area contributed by atoms with Crippen molar-refractivity contribution in [1.82, 2.24) is 10.2 Å². The van der Waals surface area contributed by atoms with Gasteiger partial charge in [0.2, 0.25) is 5.91 Å². The van der Waals surface area contributed by atoms with E-state index in [0.717, 1.165) is 18.5 Å². The fraction of sp³-hybridized carbons (Fsp3) is 0.290. The van der Waals surface area contributed by atoms with Crippen molar-refractivity contribution in [3.05, 3.63) is 95.3 Å². The molecule has 212 valence electrons. The third-order valence-corrected chi connectivity index (χ3v) is 7.35. The van der Waals surface area contributed by atoms with E-state index in [9.17, 15) is 28.7 Å². The Morgan fingerprint density at radius 1 is 0.878 bits per heavy atom. The zero-order valence-corrected chi connectivity index (χ0v) is 22.4. The average molecular weight is 559 g/mol. The van der Waals surface area contributed by atoms with Crippen molar-refractivity contribution in [3.8, 4) is 0 Å². The van der Waals surface area contributed by atoms with Crippen LogP contribution in [0.3, 0.4) is 0 Å². The number of carboxylic acid groups (broad SMARTS) is 1. The van der Waals surface area contributed by atoms with Gasteiger partial charge in [0.15, 0.2) is 0 Å². The van der Waals surface area contributed by atoms with Crippen molar-refractivity contribution >= 4 is 35.1 Å². The van der Waals surface area contributed by atoms with Crippen LogP contribution in [0.4, 0.5) is 15.8 Å². The molecule has 0 spiro atoms. The Balaban J connectivity index is 1.34. The van der Waals surface area contributed by atoms with Gasteiger partial charge in [-0.25, -0.2) is 4.39 Å². The van der Waals surface area contributed by atoms with Gasteiger partial charge in [-0.3, -0.25) is 19.2 Å². The molecule has 0 bridgehead atoms. The summed E-state index contributed by atoms with van der Waals surface area (Å²) in [6.45, 7) is 2.09. The molecule has 10 heteroatoms. The van der Waals surface area contributed by atoms with Gasteiger partial charge in [-0.2, -0.15) is 0 Å². The minimum Gasteiger partial charge on any atom is -0.481 e. The molecule has 1 unspecified atom stereocenters. The second-order valence-corrected chi connectivity index (χ2v) is 10.3. The standard InChI is InChI=1S/C31H31FN4O5/c32-24-11-8-20(9-12-24)25(19-28(37)38)33-30(40)23-10-13-27(26(18-23)34-29(39)21-6-7-21)35-14-16-36(17-15-35)31(41)22-4-2-1-3-5-22/h1-5,8-13,18,21,25H,6-7,14-17,19H2,(H,33,40)(H,34,39)(H,37,38). The third kappa shape index (κ3) is 6.89. The predicted octanol–water partition coefficient (Wildman–Crippen LogP) is 4.08. The molecule has 41 heavy (non-hydrogen) atoms. The molecule has 2 aliphatic rings. The van der Waals surface area contributed by atoms with Crippen molar-refractivity contribution in [2.45, 2.75) is 25.3 Å². The maximum atomic E-state index is 13.4. The van der Waals surface area contributed by atoms with Crippen molar-refractivity contribution < 1.29 is 28.7 Å². The maximum Gasteiger partial charge on any atom is 0.305 e. The Bertz CT molecular complexity index is 1430. The van der Waals surface area contributed by atoms with Crippen LogP contribution < -0.4 is 15.5 Å². The van der Waals surface area contributed by atoms with E-state index in [1.54, 1.807) is 35.2 Å². The monoisotopic (exact) mass is 558 g/mol. The Morgan fingerprint density at radius 2 is 1.56 bits per heavy atom. The second-order valence-electron chi connectivity index (χ2n) is 10.3. The van der Waals surface area contributed by atoms with E-state index < -0.39 is 23.7 Å². The number of hydrogen-bond donors (Lipinski definition) is 3. The molecule has 3 N–H and O–H groups in total. The van der Waals surface area contributed by atoms with Gasteiger partial charge >= 0.3 is 5.97 Å². The second kappa shape index (κ2) is 12.2. The van der Waals surface area contributed by atoms with Gasteiger partial charge in [-0.1, -0.05) is 30.3 Å². The van der Waals surface area contributed by atoms with E-state index >= 15 is 0 Å². The average Bonchev–Trinajstić information content (AvgIpc) is 3.83. The number of rotatable bonds is 9. The molecule has 3 aromatic carbocycles. The normalized spacial score (nSPS) is 15.6. The van der Waals surface area contributed by atoms with Crippen molar-refractivity contribution in [2.75, 3.05) is 36.4 Å². The zero-order chi connectivity index (χ0) is 28.9. The molecule has 1 aliphatic carbocycles. The lowest BCUT2D eigenvalue weighted by Gasteiger charge is -2.37. The fourth-order valence-corrected chi connectivity index (χ4v) is 4.91. The lowest BCUT2D eigenvalue weighted by molar-refractivity contribution is -0.137. The largest absolute Gasteiger partial charge is 0.481 e. The summed E-state index contributed by atoms with van der Waals surface area (Å²) in [5.41, 5.74) is 2.56. The van der Waals surface area contributed by atoms with Crippen LogP contribution >= 0.6 is 0 Å². The first-order chi connectivity index (χ1) is 19.8. The molecule has 0 aromatic heterocycles. The number of anilines is 2. The number of aliphatic carboxylic acids is 1. The zero-order valence-electron chi connectivity index (χ0n) is 22.4. The fourth-order valence-electron chi connectivity index (χ4n) is 4.91. The minimum atomic E-state index is -1.11. The molecule has 1 saturated carbocycles. The van der Waals surface area contributed by atoms with E-state index in [1.807, 2.05) is 18.2 Å². The Kier molecular flexibility index (Phi) is 8.28. The van der Waals surface area contributed by atoms with Crippen molar-refractivity contribution in [3.63, 3.8) is 0 Å². The Morgan fingerprint density at radius 3 is 2.20 bits per heavy atom. The highest BCUT2D eigenvalue weighted by Gasteiger charge is 2.31. The molecule has 9 nitrogen and oxygen atoms in total. The van der Waals surface area contributed by atoms with Gasteiger partial charge in [0, 0.05) is 43.2 Å². The summed E-state index contributed by atoms with van der Waals surface area (Å²) in [6, 6.07) is 18.5. The van der Waals surface area contributed by atoms with Crippen LogP contribution in [-0.4, -0.2) is 59.9 Å². The molecule has 5 rings (SSSR count). The lowest BCUT2D eigenvalue weighted by atomic mass is 10.0. The van der Waals surface area contributed by atoms with E-state index in [0.29, 0.717) is 43.0 Å². The number of amides is 3. The number of piperazine rings is 1.